The van der Waals surface area contributed by atoms with Crippen LogP contribution in [0, 0.1) is 0 Å². The summed E-state index contributed by atoms with van der Waals surface area (Å²) in [7, 11) is 2.04. The number of nitrogens with zero attached hydrogens (tertiary/aromatic N) is 3. The third kappa shape index (κ3) is 3.21. The minimum absolute atomic E-state index is 0.378. The van der Waals surface area contributed by atoms with E-state index in [1.54, 1.807) is 6.07 Å². The van der Waals surface area contributed by atoms with Gasteiger partial charge in [0.1, 0.15) is 0 Å². The zero-order valence-corrected chi connectivity index (χ0v) is 11.3. The molecular formula is C11H16Cl2N4. The normalized spacial score (nSPS) is 21.0. The average molecular weight is 275 g/mol. The van der Waals surface area contributed by atoms with Crippen molar-refractivity contribution >= 4 is 28.9 Å². The fourth-order valence-corrected chi connectivity index (χ4v) is 2.54. The quantitative estimate of drug-likeness (QED) is 0.899. The van der Waals surface area contributed by atoms with E-state index < -0.39 is 0 Å². The van der Waals surface area contributed by atoms with Crippen molar-refractivity contribution in [1.82, 2.24) is 15.5 Å². The molecule has 2 rings (SSSR count). The van der Waals surface area contributed by atoms with Crippen LogP contribution in [0.2, 0.25) is 10.3 Å². The predicted octanol–water partition coefficient (Wildman–Crippen LogP) is 2.36. The second-order valence-corrected chi connectivity index (χ2v) is 5.03. The van der Waals surface area contributed by atoms with Gasteiger partial charge in [-0.05, 0) is 32.4 Å². The molecule has 2 heterocycles. The van der Waals surface area contributed by atoms with Crippen LogP contribution in [0.25, 0.3) is 0 Å². The molecule has 0 aromatic carbocycles. The second kappa shape index (κ2) is 5.85. The first-order valence-electron chi connectivity index (χ1n) is 5.81. The molecule has 0 bridgehead atoms. The topological polar surface area (TPSA) is 41.1 Å². The maximum atomic E-state index is 6.06. The fraction of sp³-hybridized carbons (Fsp3) is 0.636. The molecule has 1 saturated heterocycles. The van der Waals surface area contributed by atoms with E-state index in [4.69, 9.17) is 23.2 Å². The highest BCUT2D eigenvalue weighted by molar-refractivity contribution is 6.33. The van der Waals surface area contributed by atoms with Gasteiger partial charge in [-0.1, -0.05) is 23.2 Å². The minimum atomic E-state index is 0.378. The lowest BCUT2D eigenvalue weighted by atomic mass is 10.1. The maximum Gasteiger partial charge on any atom is 0.175 e. The lowest BCUT2D eigenvalue weighted by molar-refractivity contribution is 0.566. The Bertz CT molecular complexity index is 378. The molecular weight excluding hydrogens is 259 g/mol. The first-order chi connectivity index (χ1) is 8.18. The first-order valence-corrected chi connectivity index (χ1v) is 6.56. The Balaban J connectivity index is 2.16. The summed E-state index contributed by atoms with van der Waals surface area (Å²) < 4.78 is 0. The Labute approximate surface area is 111 Å². The number of aromatic nitrogens is 2. The summed E-state index contributed by atoms with van der Waals surface area (Å²) in [4.78, 5) is 2.16. The first kappa shape index (κ1) is 12.9. The van der Waals surface area contributed by atoms with Gasteiger partial charge in [-0.2, -0.15) is 0 Å². The predicted molar refractivity (Wildman–Crippen MR) is 71.0 cm³/mol. The van der Waals surface area contributed by atoms with Gasteiger partial charge in [0, 0.05) is 19.2 Å². The molecule has 1 aromatic rings. The molecule has 0 spiro atoms. The smallest absolute Gasteiger partial charge is 0.175 e. The van der Waals surface area contributed by atoms with E-state index in [2.05, 4.69) is 20.4 Å². The standard InChI is InChI=1S/C11H16Cl2N4/c1-17(8-3-2-5-14-6-4-8)9-7-10(12)15-16-11(9)13/h7-8,14H,2-6H2,1H3. The van der Waals surface area contributed by atoms with Crippen molar-refractivity contribution < 1.29 is 0 Å². The van der Waals surface area contributed by atoms with Gasteiger partial charge in [0.2, 0.25) is 0 Å². The molecule has 1 unspecified atom stereocenters. The van der Waals surface area contributed by atoms with Gasteiger partial charge in [0.05, 0.1) is 5.69 Å². The maximum absolute atomic E-state index is 6.06. The zero-order valence-electron chi connectivity index (χ0n) is 9.79. The van der Waals surface area contributed by atoms with E-state index in [0.29, 0.717) is 16.3 Å². The molecule has 0 saturated carbocycles. The third-order valence-corrected chi connectivity index (χ3v) is 3.63. The summed E-state index contributed by atoms with van der Waals surface area (Å²) in [5.74, 6) is 0. The molecule has 1 N–H and O–H groups in total. The molecule has 17 heavy (non-hydrogen) atoms. The van der Waals surface area contributed by atoms with Crippen LogP contribution in [0.15, 0.2) is 6.07 Å². The summed E-state index contributed by atoms with van der Waals surface area (Å²) in [6.07, 6.45) is 3.44. The molecule has 1 atom stereocenters. The highest BCUT2D eigenvalue weighted by atomic mass is 35.5. The van der Waals surface area contributed by atoms with Gasteiger partial charge < -0.3 is 10.2 Å². The largest absolute Gasteiger partial charge is 0.369 e. The van der Waals surface area contributed by atoms with Crippen molar-refractivity contribution in [2.24, 2.45) is 0 Å². The van der Waals surface area contributed by atoms with Gasteiger partial charge >= 0.3 is 0 Å². The number of halogens is 2. The molecule has 0 radical (unpaired) electrons. The minimum Gasteiger partial charge on any atom is -0.369 e. The fourth-order valence-electron chi connectivity index (χ4n) is 2.18. The van der Waals surface area contributed by atoms with Crippen molar-refractivity contribution in [3.8, 4) is 0 Å². The van der Waals surface area contributed by atoms with Crippen LogP contribution in [-0.2, 0) is 0 Å². The van der Waals surface area contributed by atoms with Crippen LogP contribution in [-0.4, -0.2) is 36.4 Å². The molecule has 6 heteroatoms. The van der Waals surface area contributed by atoms with Gasteiger partial charge in [-0.15, -0.1) is 10.2 Å². The Morgan fingerprint density at radius 2 is 2.12 bits per heavy atom. The van der Waals surface area contributed by atoms with Gasteiger partial charge in [0.15, 0.2) is 10.3 Å². The Hall–Kier alpha value is -0.580. The summed E-state index contributed by atoms with van der Waals surface area (Å²) in [5, 5.41) is 11.8. The lowest BCUT2D eigenvalue weighted by Crippen LogP contribution is -2.32. The highest BCUT2D eigenvalue weighted by Crippen LogP contribution is 2.28. The van der Waals surface area contributed by atoms with E-state index in [0.717, 1.165) is 31.6 Å². The second-order valence-electron chi connectivity index (χ2n) is 4.29. The molecule has 94 valence electrons. The number of rotatable bonds is 2. The van der Waals surface area contributed by atoms with Gasteiger partial charge in [-0.3, -0.25) is 0 Å². The summed E-state index contributed by atoms with van der Waals surface area (Å²) in [6, 6.07) is 2.25. The van der Waals surface area contributed by atoms with Crippen LogP contribution >= 0.6 is 23.2 Å². The van der Waals surface area contributed by atoms with Gasteiger partial charge in [0.25, 0.3) is 0 Å². The number of anilines is 1. The Morgan fingerprint density at radius 3 is 2.94 bits per heavy atom. The van der Waals surface area contributed by atoms with Crippen LogP contribution < -0.4 is 10.2 Å². The lowest BCUT2D eigenvalue weighted by Gasteiger charge is -2.29. The van der Waals surface area contributed by atoms with Crippen molar-refractivity contribution in [2.75, 3.05) is 25.0 Å². The van der Waals surface area contributed by atoms with E-state index in [9.17, 15) is 0 Å². The van der Waals surface area contributed by atoms with Crippen LogP contribution in [0.5, 0.6) is 0 Å². The van der Waals surface area contributed by atoms with E-state index >= 15 is 0 Å². The Kier molecular flexibility index (Phi) is 4.42. The van der Waals surface area contributed by atoms with Crippen molar-refractivity contribution in [2.45, 2.75) is 25.3 Å². The van der Waals surface area contributed by atoms with Gasteiger partial charge in [-0.25, -0.2) is 0 Å². The van der Waals surface area contributed by atoms with E-state index in [-0.39, 0.29) is 0 Å². The molecule has 1 fully saturated rings. The highest BCUT2D eigenvalue weighted by Gasteiger charge is 2.19. The number of hydrogen-bond acceptors (Lipinski definition) is 4. The van der Waals surface area contributed by atoms with Crippen LogP contribution in [0.4, 0.5) is 5.69 Å². The Morgan fingerprint density at radius 1 is 1.29 bits per heavy atom. The van der Waals surface area contributed by atoms with Crippen molar-refractivity contribution in [3.63, 3.8) is 0 Å². The summed E-state index contributed by atoms with van der Waals surface area (Å²) >= 11 is 11.9. The molecule has 0 amide bonds. The molecule has 1 aromatic heterocycles. The van der Waals surface area contributed by atoms with Crippen molar-refractivity contribution in [3.05, 3.63) is 16.4 Å². The summed E-state index contributed by atoms with van der Waals surface area (Å²) in [5.41, 5.74) is 0.860. The van der Waals surface area contributed by atoms with E-state index in [1.807, 2.05) is 7.05 Å². The number of hydrogen-bond donors (Lipinski definition) is 1. The molecule has 4 nitrogen and oxygen atoms in total. The van der Waals surface area contributed by atoms with Crippen molar-refractivity contribution in [1.29, 1.82) is 0 Å². The molecule has 1 aliphatic rings. The summed E-state index contributed by atoms with van der Waals surface area (Å²) in [6.45, 7) is 2.13. The SMILES string of the molecule is CN(c1cc(Cl)nnc1Cl)C1CCCNCC1. The molecule has 1 aliphatic heterocycles. The number of nitrogens with one attached hydrogen (secondary N) is 1. The van der Waals surface area contributed by atoms with Crippen LogP contribution in [0.3, 0.4) is 0 Å². The molecule has 0 aliphatic carbocycles. The van der Waals surface area contributed by atoms with Crippen LogP contribution in [0.1, 0.15) is 19.3 Å². The average Bonchev–Trinajstić information content (AvgIpc) is 2.60. The monoisotopic (exact) mass is 274 g/mol. The zero-order chi connectivity index (χ0) is 12.3. The van der Waals surface area contributed by atoms with E-state index in [1.165, 1.54) is 6.42 Å². The third-order valence-electron chi connectivity index (χ3n) is 3.17.